The summed E-state index contributed by atoms with van der Waals surface area (Å²) in [4.78, 5) is 22.9. The third kappa shape index (κ3) is 1.79. The Morgan fingerprint density at radius 3 is 3.00 bits per heavy atom. The topological polar surface area (TPSA) is 57.6 Å². The molecule has 1 atom stereocenters. The molecule has 12 heavy (non-hydrogen) atoms. The van der Waals surface area contributed by atoms with E-state index in [0.29, 0.717) is 5.75 Å². The Morgan fingerprint density at radius 2 is 2.50 bits per heavy atom. The number of aliphatic carboxylic acids is 1. The molecule has 0 aromatic heterocycles. The molecule has 1 unspecified atom stereocenters. The summed E-state index contributed by atoms with van der Waals surface area (Å²) in [5.41, 5.74) is 0. The summed E-state index contributed by atoms with van der Waals surface area (Å²) in [6.45, 7) is 1.49. The minimum absolute atomic E-state index is 0.155. The van der Waals surface area contributed by atoms with Gasteiger partial charge in [-0.15, -0.1) is 11.8 Å². The van der Waals surface area contributed by atoms with E-state index in [1.165, 1.54) is 29.8 Å². The van der Waals surface area contributed by atoms with Crippen LogP contribution in [0.3, 0.4) is 0 Å². The molecule has 1 rings (SSSR count). The maximum absolute atomic E-state index is 11.1. The first kappa shape index (κ1) is 9.12. The lowest BCUT2D eigenvalue weighted by Crippen LogP contribution is -2.41. The van der Waals surface area contributed by atoms with Crippen LogP contribution in [0.25, 0.3) is 0 Å². The van der Waals surface area contributed by atoms with Crippen LogP contribution in [-0.2, 0) is 9.59 Å². The third-order valence-corrected chi connectivity index (χ3v) is 2.31. The molecule has 1 aliphatic heterocycles. The van der Waals surface area contributed by atoms with Crippen molar-refractivity contribution in [2.24, 2.45) is 0 Å². The molecule has 1 amide bonds. The van der Waals surface area contributed by atoms with Crippen molar-refractivity contribution in [1.29, 1.82) is 0 Å². The van der Waals surface area contributed by atoms with Crippen LogP contribution < -0.4 is 0 Å². The van der Waals surface area contributed by atoms with E-state index in [1.54, 1.807) is 5.41 Å². The van der Waals surface area contributed by atoms with Gasteiger partial charge in [0.25, 0.3) is 0 Å². The highest BCUT2D eigenvalue weighted by Crippen LogP contribution is 2.14. The second-order valence-corrected chi connectivity index (χ2v) is 3.31. The van der Waals surface area contributed by atoms with E-state index in [2.05, 4.69) is 0 Å². The molecule has 0 aromatic rings. The first-order chi connectivity index (χ1) is 5.63. The van der Waals surface area contributed by atoms with Gasteiger partial charge in [0.1, 0.15) is 6.04 Å². The second-order valence-electron chi connectivity index (χ2n) is 2.41. The summed E-state index contributed by atoms with van der Waals surface area (Å²) in [6.07, 6.45) is 1.51. The SMILES string of the molecule is CC(C(=O)O)N1C=CSCC1=O. The van der Waals surface area contributed by atoms with E-state index in [4.69, 9.17) is 5.11 Å². The number of amides is 1. The second kappa shape index (κ2) is 3.62. The number of rotatable bonds is 2. The Bertz CT molecular complexity index is 239. The molecule has 5 heteroatoms. The fraction of sp³-hybridized carbons (Fsp3) is 0.429. The molecular formula is C7H9NO3S. The molecule has 1 N–H and O–H groups in total. The quantitative estimate of drug-likeness (QED) is 0.684. The average molecular weight is 187 g/mol. The van der Waals surface area contributed by atoms with Gasteiger partial charge >= 0.3 is 5.97 Å². The number of carboxylic acid groups (broad SMARTS) is 1. The van der Waals surface area contributed by atoms with Crippen molar-refractivity contribution in [3.8, 4) is 0 Å². The van der Waals surface area contributed by atoms with Crippen molar-refractivity contribution in [2.75, 3.05) is 5.75 Å². The van der Waals surface area contributed by atoms with E-state index in [9.17, 15) is 9.59 Å². The fourth-order valence-electron chi connectivity index (χ4n) is 0.850. The highest BCUT2D eigenvalue weighted by molar-refractivity contribution is 8.02. The minimum Gasteiger partial charge on any atom is -0.480 e. The standard InChI is InChI=1S/C7H9NO3S/c1-5(7(10)11)8-2-3-12-4-6(8)9/h2-3,5H,4H2,1H3,(H,10,11). The smallest absolute Gasteiger partial charge is 0.326 e. The maximum atomic E-state index is 11.1. The molecule has 0 aliphatic carbocycles. The van der Waals surface area contributed by atoms with E-state index in [1.807, 2.05) is 0 Å². The van der Waals surface area contributed by atoms with Crippen LogP contribution in [0.4, 0.5) is 0 Å². The maximum Gasteiger partial charge on any atom is 0.326 e. The van der Waals surface area contributed by atoms with Crippen molar-refractivity contribution < 1.29 is 14.7 Å². The van der Waals surface area contributed by atoms with Gasteiger partial charge < -0.3 is 10.0 Å². The molecule has 0 aromatic carbocycles. The Morgan fingerprint density at radius 1 is 1.83 bits per heavy atom. The predicted molar refractivity (Wildman–Crippen MR) is 45.5 cm³/mol. The van der Waals surface area contributed by atoms with Crippen LogP contribution in [0.5, 0.6) is 0 Å². The van der Waals surface area contributed by atoms with Gasteiger partial charge in [-0.3, -0.25) is 4.79 Å². The monoisotopic (exact) mass is 187 g/mol. The number of nitrogens with zero attached hydrogens (tertiary/aromatic N) is 1. The van der Waals surface area contributed by atoms with Gasteiger partial charge in [0.15, 0.2) is 0 Å². The lowest BCUT2D eigenvalue weighted by Gasteiger charge is -2.24. The van der Waals surface area contributed by atoms with Crippen LogP contribution >= 0.6 is 11.8 Å². The molecule has 0 fully saturated rings. The highest BCUT2D eigenvalue weighted by atomic mass is 32.2. The molecule has 0 spiro atoms. The molecule has 0 saturated heterocycles. The van der Waals surface area contributed by atoms with Crippen molar-refractivity contribution in [3.05, 3.63) is 11.6 Å². The molecule has 66 valence electrons. The molecule has 1 heterocycles. The van der Waals surface area contributed by atoms with Crippen LogP contribution in [0.1, 0.15) is 6.92 Å². The molecule has 0 bridgehead atoms. The van der Waals surface area contributed by atoms with E-state index < -0.39 is 12.0 Å². The lowest BCUT2D eigenvalue weighted by molar-refractivity contribution is -0.146. The van der Waals surface area contributed by atoms with Gasteiger partial charge in [0.05, 0.1) is 5.75 Å². The Labute approximate surface area is 74.2 Å². The van der Waals surface area contributed by atoms with E-state index in [-0.39, 0.29) is 5.91 Å². The summed E-state index contributed by atoms with van der Waals surface area (Å²) in [5, 5.41) is 10.3. The van der Waals surface area contributed by atoms with Gasteiger partial charge in [-0.25, -0.2) is 4.79 Å². The third-order valence-electron chi connectivity index (χ3n) is 1.59. The lowest BCUT2D eigenvalue weighted by atomic mass is 10.3. The summed E-state index contributed by atoms with van der Waals surface area (Å²) in [7, 11) is 0. The Balaban J connectivity index is 2.72. The zero-order valence-electron chi connectivity index (χ0n) is 6.56. The Hall–Kier alpha value is -0.970. The van der Waals surface area contributed by atoms with Crippen molar-refractivity contribution in [2.45, 2.75) is 13.0 Å². The van der Waals surface area contributed by atoms with Gasteiger partial charge in [-0.05, 0) is 12.3 Å². The fourth-order valence-corrected chi connectivity index (χ4v) is 1.45. The number of carbonyl (C=O) groups excluding carboxylic acids is 1. The number of hydrogen-bond acceptors (Lipinski definition) is 3. The summed E-state index contributed by atoms with van der Waals surface area (Å²) >= 11 is 1.37. The van der Waals surface area contributed by atoms with Gasteiger partial charge in [-0.2, -0.15) is 0 Å². The largest absolute Gasteiger partial charge is 0.480 e. The van der Waals surface area contributed by atoms with Gasteiger partial charge in [0, 0.05) is 6.20 Å². The average Bonchev–Trinajstić information content (AvgIpc) is 2.04. The van der Waals surface area contributed by atoms with Gasteiger partial charge in [-0.1, -0.05) is 0 Å². The number of hydrogen-bond donors (Lipinski definition) is 1. The summed E-state index contributed by atoms with van der Waals surface area (Å²) < 4.78 is 0. The zero-order chi connectivity index (χ0) is 9.14. The van der Waals surface area contributed by atoms with Crippen molar-refractivity contribution in [1.82, 2.24) is 4.90 Å². The van der Waals surface area contributed by atoms with E-state index >= 15 is 0 Å². The van der Waals surface area contributed by atoms with E-state index in [0.717, 1.165) is 0 Å². The molecule has 0 radical (unpaired) electrons. The summed E-state index contributed by atoms with van der Waals surface area (Å²) in [5.74, 6) is -0.814. The van der Waals surface area contributed by atoms with Crippen molar-refractivity contribution in [3.63, 3.8) is 0 Å². The number of thioether (sulfide) groups is 1. The summed E-state index contributed by atoms with van der Waals surface area (Å²) in [6, 6.07) is -0.769. The van der Waals surface area contributed by atoms with Gasteiger partial charge in [0.2, 0.25) is 5.91 Å². The molecule has 4 nitrogen and oxygen atoms in total. The first-order valence-corrected chi connectivity index (χ1v) is 4.50. The molecular weight excluding hydrogens is 178 g/mol. The van der Waals surface area contributed by atoms with Crippen LogP contribution in [0, 0.1) is 0 Å². The Kier molecular flexibility index (Phi) is 2.75. The zero-order valence-corrected chi connectivity index (χ0v) is 7.37. The number of carboxylic acids is 1. The number of carbonyl (C=O) groups is 2. The highest BCUT2D eigenvalue weighted by Gasteiger charge is 2.24. The predicted octanol–water partition coefficient (Wildman–Crippen LogP) is 0.506. The van der Waals surface area contributed by atoms with Crippen molar-refractivity contribution >= 4 is 23.6 Å². The van der Waals surface area contributed by atoms with Crippen LogP contribution in [0.15, 0.2) is 11.6 Å². The van der Waals surface area contributed by atoms with Crippen LogP contribution in [-0.4, -0.2) is 33.7 Å². The van der Waals surface area contributed by atoms with Crippen LogP contribution in [0.2, 0.25) is 0 Å². The molecule has 1 aliphatic rings. The normalized spacial score (nSPS) is 19.4. The minimum atomic E-state index is -0.986. The first-order valence-electron chi connectivity index (χ1n) is 3.45. The molecule has 0 saturated carbocycles.